The highest BCUT2D eigenvalue weighted by atomic mass is 19.1. The van der Waals surface area contributed by atoms with Crippen LogP contribution in [0.3, 0.4) is 0 Å². The number of aryl methyl sites for hydroxylation is 1. The second-order valence-corrected chi connectivity index (χ2v) is 6.59. The van der Waals surface area contributed by atoms with Crippen molar-refractivity contribution >= 4 is 0 Å². The molecule has 2 aromatic carbocycles. The van der Waals surface area contributed by atoms with Gasteiger partial charge in [0.25, 0.3) is 5.56 Å². The minimum Gasteiger partial charge on any atom is -0.282 e. The first-order valence-electron chi connectivity index (χ1n) is 9.50. The first kappa shape index (κ1) is 19.0. The van der Waals surface area contributed by atoms with Gasteiger partial charge in [0.15, 0.2) is 0 Å². The third-order valence-electron chi connectivity index (χ3n) is 4.81. The summed E-state index contributed by atoms with van der Waals surface area (Å²) in [5, 5.41) is 0. The van der Waals surface area contributed by atoms with Gasteiger partial charge >= 0.3 is 0 Å². The van der Waals surface area contributed by atoms with Gasteiger partial charge in [-0.1, -0.05) is 80.9 Å². The zero-order chi connectivity index (χ0) is 19.2. The Bertz CT molecular complexity index is 896. The van der Waals surface area contributed by atoms with Crippen molar-refractivity contribution in [2.24, 2.45) is 0 Å². The van der Waals surface area contributed by atoms with Crippen molar-refractivity contribution in [3.05, 3.63) is 99.2 Å². The van der Waals surface area contributed by atoms with Crippen molar-refractivity contribution in [2.45, 2.75) is 45.8 Å². The Morgan fingerprint density at radius 1 is 0.963 bits per heavy atom. The molecule has 0 atom stereocenters. The van der Waals surface area contributed by atoms with Gasteiger partial charge in [0.1, 0.15) is 12.5 Å². The molecule has 0 radical (unpaired) electrons. The maximum absolute atomic E-state index is 14.0. The Kier molecular flexibility index (Phi) is 6.17. The third kappa shape index (κ3) is 3.85. The van der Waals surface area contributed by atoms with Crippen LogP contribution in [0.15, 0.2) is 65.5 Å². The maximum Gasteiger partial charge on any atom is 0.257 e. The molecule has 0 spiro atoms. The van der Waals surface area contributed by atoms with E-state index < -0.39 is 12.7 Å². The van der Waals surface area contributed by atoms with Crippen molar-refractivity contribution in [2.75, 3.05) is 0 Å². The van der Waals surface area contributed by atoms with E-state index in [4.69, 9.17) is 0 Å². The molecule has 4 heteroatoms. The zero-order valence-electron chi connectivity index (χ0n) is 15.9. The van der Waals surface area contributed by atoms with E-state index in [2.05, 4.69) is 4.98 Å². The molecule has 1 heterocycles. The van der Waals surface area contributed by atoms with Crippen LogP contribution in [0.25, 0.3) is 0 Å². The highest BCUT2D eigenvalue weighted by Gasteiger charge is 2.24. The fourth-order valence-corrected chi connectivity index (χ4v) is 3.58. The smallest absolute Gasteiger partial charge is 0.257 e. The fraction of sp³-hybridized carbons (Fsp3) is 0.304. The van der Waals surface area contributed by atoms with Gasteiger partial charge in [-0.2, -0.15) is 0 Å². The molecule has 3 nitrogen and oxygen atoms in total. The zero-order valence-corrected chi connectivity index (χ0v) is 15.9. The van der Waals surface area contributed by atoms with Crippen molar-refractivity contribution in [1.82, 2.24) is 9.55 Å². The van der Waals surface area contributed by atoms with Crippen molar-refractivity contribution in [3.63, 3.8) is 0 Å². The number of aromatic nitrogens is 2. The summed E-state index contributed by atoms with van der Waals surface area (Å²) in [5.41, 5.74) is 3.16. The lowest BCUT2D eigenvalue weighted by Gasteiger charge is -2.25. The molecule has 0 fully saturated rings. The first-order chi connectivity index (χ1) is 13.2. The Morgan fingerprint density at radius 2 is 1.52 bits per heavy atom. The molecule has 1 aromatic heterocycles. The molecule has 0 saturated carbocycles. The van der Waals surface area contributed by atoms with Crippen LogP contribution in [0.1, 0.15) is 54.5 Å². The summed E-state index contributed by atoms with van der Waals surface area (Å²) >= 11 is 0. The van der Waals surface area contributed by atoms with E-state index >= 15 is 0 Å². The number of nitrogens with zero attached hydrogens (tertiary/aromatic N) is 2. The van der Waals surface area contributed by atoms with Gasteiger partial charge in [-0.15, -0.1) is 0 Å². The molecular weight excluding hydrogens is 339 g/mol. The van der Waals surface area contributed by atoms with Gasteiger partial charge in [0, 0.05) is 5.56 Å². The predicted molar refractivity (Wildman–Crippen MR) is 107 cm³/mol. The van der Waals surface area contributed by atoms with Crippen LogP contribution < -0.4 is 5.56 Å². The molecule has 0 bridgehead atoms. The molecule has 27 heavy (non-hydrogen) atoms. The van der Waals surface area contributed by atoms with Crippen LogP contribution in [0.2, 0.25) is 0 Å². The Labute approximate surface area is 159 Å². The number of hydrogen-bond donors (Lipinski definition) is 0. The lowest BCUT2D eigenvalue weighted by Crippen LogP contribution is -2.34. The Hall–Kier alpha value is -2.75. The van der Waals surface area contributed by atoms with Gasteiger partial charge in [-0.05, 0) is 24.0 Å². The second-order valence-electron chi connectivity index (χ2n) is 6.59. The normalized spacial score (nSPS) is 11.1. The number of hydrogen-bond acceptors (Lipinski definition) is 2. The van der Waals surface area contributed by atoms with E-state index in [0.717, 1.165) is 17.5 Å². The van der Waals surface area contributed by atoms with Gasteiger partial charge < -0.3 is 0 Å². The predicted octanol–water partition coefficient (Wildman–Crippen LogP) is 4.87. The minimum absolute atomic E-state index is 0.131. The fourth-order valence-electron chi connectivity index (χ4n) is 3.58. The number of benzene rings is 2. The molecule has 140 valence electrons. The summed E-state index contributed by atoms with van der Waals surface area (Å²) in [7, 11) is 0. The lowest BCUT2D eigenvalue weighted by atomic mass is 9.97. The van der Waals surface area contributed by atoms with Gasteiger partial charge in [0.05, 0.1) is 11.7 Å². The largest absolute Gasteiger partial charge is 0.282 e. The first-order valence-corrected chi connectivity index (χ1v) is 9.50. The van der Waals surface area contributed by atoms with E-state index in [9.17, 15) is 9.18 Å². The van der Waals surface area contributed by atoms with E-state index in [-0.39, 0.29) is 11.4 Å². The van der Waals surface area contributed by atoms with Gasteiger partial charge in [-0.3, -0.25) is 9.36 Å². The van der Waals surface area contributed by atoms with Crippen LogP contribution in [-0.4, -0.2) is 9.55 Å². The van der Waals surface area contributed by atoms with Crippen LogP contribution in [0.4, 0.5) is 4.39 Å². The van der Waals surface area contributed by atoms with Crippen LogP contribution in [-0.2, 0) is 19.5 Å². The minimum atomic E-state index is -0.773. The van der Waals surface area contributed by atoms with Crippen molar-refractivity contribution < 1.29 is 4.39 Å². The molecule has 0 N–H and O–H groups in total. The summed E-state index contributed by atoms with van der Waals surface area (Å²) in [5.74, 6) is 0.189. The Balaban J connectivity index is 2.32. The van der Waals surface area contributed by atoms with Gasteiger partial charge in [0.2, 0.25) is 0 Å². The average molecular weight is 364 g/mol. The number of alkyl halides is 1. The molecule has 0 amide bonds. The summed E-state index contributed by atoms with van der Waals surface area (Å²) in [6, 6.07) is 19.1. The molecule has 3 rings (SSSR count). The monoisotopic (exact) mass is 364 g/mol. The van der Waals surface area contributed by atoms with E-state index in [0.29, 0.717) is 24.1 Å². The summed E-state index contributed by atoms with van der Waals surface area (Å²) in [6.45, 7) is 3.22. The highest BCUT2D eigenvalue weighted by molar-refractivity contribution is 5.34. The Morgan fingerprint density at radius 3 is 1.96 bits per heavy atom. The lowest BCUT2D eigenvalue weighted by molar-refractivity contribution is 0.428. The molecule has 0 saturated heterocycles. The maximum atomic E-state index is 14.0. The van der Waals surface area contributed by atoms with Crippen LogP contribution >= 0.6 is 0 Å². The quantitative estimate of drug-likeness (QED) is 0.600. The molecule has 3 aromatic rings. The summed E-state index contributed by atoms with van der Waals surface area (Å²) in [6.07, 6.45) is 2.12. The number of halogens is 1. The van der Waals surface area contributed by atoms with Crippen LogP contribution in [0, 0.1) is 0 Å². The summed E-state index contributed by atoms with van der Waals surface area (Å²) < 4.78 is 15.5. The molecule has 0 unspecified atom stereocenters. The standard InChI is InChI=1S/C23H25FN2O/c1-3-11-19-20(4-2)25-21(16-24)26(23(19)27)22(17-12-7-5-8-13-17)18-14-9-6-10-15-18/h5-10,12-15,22H,3-4,11,16H2,1-2H3. The molecule has 0 aliphatic rings. The third-order valence-corrected chi connectivity index (χ3v) is 4.81. The average Bonchev–Trinajstić information content (AvgIpc) is 2.72. The van der Waals surface area contributed by atoms with Gasteiger partial charge in [-0.25, -0.2) is 9.37 Å². The SMILES string of the molecule is CCCc1c(CC)nc(CF)n(C(c2ccccc2)c2ccccc2)c1=O. The van der Waals surface area contributed by atoms with E-state index in [1.54, 1.807) is 4.57 Å². The number of rotatable bonds is 7. The topological polar surface area (TPSA) is 34.9 Å². The van der Waals surface area contributed by atoms with Crippen molar-refractivity contribution in [3.8, 4) is 0 Å². The van der Waals surface area contributed by atoms with Crippen molar-refractivity contribution in [1.29, 1.82) is 0 Å². The molecule has 0 aliphatic carbocycles. The summed E-state index contributed by atoms with van der Waals surface area (Å²) in [4.78, 5) is 18.0. The van der Waals surface area contributed by atoms with E-state index in [1.807, 2.05) is 74.5 Å². The molecular formula is C23H25FN2O. The highest BCUT2D eigenvalue weighted by Crippen LogP contribution is 2.27. The van der Waals surface area contributed by atoms with Crippen LogP contribution in [0.5, 0.6) is 0 Å². The second kappa shape index (κ2) is 8.76. The van der Waals surface area contributed by atoms with E-state index in [1.165, 1.54) is 0 Å². The molecule has 0 aliphatic heterocycles.